The molecule has 6 heteroatoms. The average Bonchev–Trinajstić information content (AvgIpc) is 2.62. The van der Waals surface area contributed by atoms with Crippen molar-refractivity contribution in [3.05, 3.63) is 70.4 Å². The van der Waals surface area contributed by atoms with Gasteiger partial charge in [0.2, 0.25) is 0 Å². The van der Waals surface area contributed by atoms with Gasteiger partial charge >= 0.3 is 0 Å². The molecular weight excluding hydrogens is 352 g/mol. The lowest BCUT2D eigenvalue weighted by molar-refractivity contribution is 0.0853. The van der Waals surface area contributed by atoms with E-state index in [1.807, 2.05) is 0 Å². The van der Waals surface area contributed by atoms with Gasteiger partial charge in [0.1, 0.15) is 5.75 Å². The molecule has 0 saturated heterocycles. The number of carbonyl (C=O) groups is 1. The number of aryl methyl sites for hydroxylation is 1. The van der Waals surface area contributed by atoms with E-state index < -0.39 is 12.1 Å². The van der Waals surface area contributed by atoms with E-state index in [-0.39, 0.29) is 11.7 Å². The molecule has 3 aromatic rings. The second-order valence-corrected chi connectivity index (χ2v) is 6.65. The largest absolute Gasteiger partial charge is 0.508 e. The summed E-state index contributed by atoms with van der Waals surface area (Å²) < 4.78 is 0. The fourth-order valence-corrected chi connectivity index (χ4v) is 3.07. The lowest BCUT2D eigenvalue weighted by Crippen LogP contribution is -2.37. The van der Waals surface area contributed by atoms with Crippen LogP contribution in [0.5, 0.6) is 5.75 Å². The van der Waals surface area contributed by atoms with E-state index in [1.165, 1.54) is 12.1 Å². The lowest BCUT2D eigenvalue weighted by atomic mass is 10.0. The molecule has 0 saturated carbocycles. The van der Waals surface area contributed by atoms with Gasteiger partial charge in [0.15, 0.2) is 0 Å². The van der Waals surface area contributed by atoms with E-state index in [0.717, 1.165) is 0 Å². The number of aromatic nitrogens is 1. The predicted octanol–water partition coefficient (Wildman–Crippen LogP) is 3.75. The zero-order valence-electron chi connectivity index (χ0n) is 14.4. The van der Waals surface area contributed by atoms with E-state index in [0.29, 0.717) is 32.7 Å². The van der Waals surface area contributed by atoms with Gasteiger partial charge in [0.05, 0.1) is 28.2 Å². The van der Waals surface area contributed by atoms with Crippen LogP contribution in [0.4, 0.5) is 0 Å². The molecule has 2 atom stereocenters. The van der Waals surface area contributed by atoms with Crippen LogP contribution in [0.25, 0.3) is 10.9 Å². The summed E-state index contributed by atoms with van der Waals surface area (Å²) in [5.41, 5.74) is 2.32. The van der Waals surface area contributed by atoms with Crippen LogP contribution >= 0.6 is 11.6 Å². The van der Waals surface area contributed by atoms with Crippen LogP contribution in [-0.2, 0) is 0 Å². The van der Waals surface area contributed by atoms with Gasteiger partial charge in [-0.3, -0.25) is 9.78 Å². The lowest BCUT2D eigenvalue weighted by Gasteiger charge is -2.21. The van der Waals surface area contributed by atoms with Crippen LogP contribution in [0.2, 0.25) is 5.02 Å². The van der Waals surface area contributed by atoms with E-state index in [2.05, 4.69) is 10.3 Å². The number of rotatable bonds is 4. The molecule has 1 amide bonds. The molecule has 0 radical (unpaired) electrons. The first kappa shape index (κ1) is 18.2. The minimum atomic E-state index is -0.905. The number of fused-ring (bicyclic) bond motifs is 1. The molecule has 3 rings (SSSR count). The molecule has 134 valence electrons. The number of hydrogen-bond donors (Lipinski definition) is 3. The normalized spacial score (nSPS) is 13.4. The molecule has 0 aliphatic carbocycles. The number of nitrogens with one attached hydrogen (secondary N) is 1. The van der Waals surface area contributed by atoms with Crippen LogP contribution in [0.15, 0.2) is 48.5 Å². The van der Waals surface area contributed by atoms with Gasteiger partial charge in [-0.15, -0.1) is 0 Å². The summed E-state index contributed by atoms with van der Waals surface area (Å²) in [5, 5.41) is 23.8. The highest BCUT2D eigenvalue weighted by Gasteiger charge is 2.21. The highest BCUT2D eigenvalue weighted by atomic mass is 35.5. The first-order valence-electron chi connectivity index (χ1n) is 8.20. The summed E-state index contributed by atoms with van der Waals surface area (Å²) >= 11 is 6.20. The number of nitrogens with zero attached hydrogens (tertiary/aromatic N) is 1. The van der Waals surface area contributed by atoms with Crippen molar-refractivity contribution < 1.29 is 15.0 Å². The zero-order chi connectivity index (χ0) is 18.8. The SMILES string of the molecule is Cc1cc(C(=O)N[C@H](C)[C@@H](O)c2ccc(O)cc2)c2cccc(Cl)c2n1. The summed E-state index contributed by atoms with van der Waals surface area (Å²) in [6, 6.07) is 12.7. The number of amides is 1. The van der Waals surface area contributed by atoms with E-state index in [4.69, 9.17) is 11.6 Å². The summed E-state index contributed by atoms with van der Waals surface area (Å²) in [6.45, 7) is 3.52. The van der Waals surface area contributed by atoms with Crippen molar-refractivity contribution in [2.45, 2.75) is 26.0 Å². The van der Waals surface area contributed by atoms with Gasteiger partial charge < -0.3 is 15.5 Å². The summed E-state index contributed by atoms with van der Waals surface area (Å²) in [6.07, 6.45) is -0.905. The van der Waals surface area contributed by atoms with Crippen LogP contribution in [-0.4, -0.2) is 27.1 Å². The van der Waals surface area contributed by atoms with Gasteiger partial charge in [-0.25, -0.2) is 0 Å². The van der Waals surface area contributed by atoms with Crippen molar-refractivity contribution in [1.29, 1.82) is 0 Å². The minimum absolute atomic E-state index is 0.119. The van der Waals surface area contributed by atoms with E-state index >= 15 is 0 Å². The third-order valence-electron chi connectivity index (χ3n) is 4.23. The van der Waals surface area contributed by atoms with Crippen molar-refractivity contribution in [3.8, 4) is 5.75 Å². The zero-order valence-corrected chi connectivity index (χ0v) is 15.2. The Morgan fingerprint density at radius 1 is 1.19 bits per heavy atom. The average molecular weight is 371 g/mol. The molecule has 26 heavy (non-hydrogen) atoms. The highest BCUT2D eigenvalue weighted by Crippen LogP contribution is 2.26. The second kappa shape index (κ2) is 7.32. The Morgan fingerprint density at radius 3 is 2.58 bits per heavy atom. The summed E-state index contributed by atoms with van der Waals surface area (Å²) in [4.78, 5) is 17.2. The smallest absolute Gasteiger partial charge is 0.252 e. The van der Waals surface area contributed by atoms with Gasteiger partial charge in [0.25, 0.3) is 5.91 Å². The van der Waals surface area contributed by atoms with Gasteiger partial charge in [-0.05, 0) is 43.7 Å². The molecule has 0 aliphatic heterocycles. The number of carbonyl (C=O) groups excluding carboxylic acids is 1. The monoisotopic (exact) mass is 370 g/mol. The Morgan fingerprint density at radius 2 is 1.88 bits per heavy atom. The number of halogens is 1. The number of aromatic hydroxyl groups is 1. The predicted molar refractivity (Wildman–Crippen MR) is 101 cm³/mol. The molecule has 5 nitrogen and oxygen atoms in total. The number of para-hydroxylation sites is 1. The quantitative estimate of drug-likeness (QED) is 0.653. The van der Waals surface area contributed by atoms with Crippen LogP contribution in [0.3, 0.4) is 0 Å². The van der Waals surface area contributed by atoms with Crippen LogP contribution in [0, 0.1) is 6.92 Å². The van der Waals surface area contributed by atoms with Crippen molar-refractivity contribution in [2.24, 2.45) is 0 Å². The molecule has 0 bridgehead atoms. The van der Waals surface area contributed by atoms with Crippen molar-refractivity contribution in [1.82, 2.24) is 10.3 Å². The first-order chi connectivity index (χ1) is 12.4. The highest BCUT2D eigenvalue weighted by molar-refractivity contribution is 6.35. The first-order valence-corrected chi connectivity index (χ1v) is 8.58. The van der Waals surface area contributed by atoms with Crippen LogP contribution in [0.1, 0.15) is 34.6 Å². The molecule has 3 N–H and O–H groups in total. The molecule has 1 heterocycles. The molecule has 1 aromatic heterocycles. The third-order valence-corrected chi connectivity index (χ3v) is 4.53. The van der Waals surface area contributed by atoms with Crippen molar-refractivity contribution in [3.63, 3.8) is 0 Å². The maximum atomic E-state index is 12.8. The maximum Gasteiger partial charge on any atom is 0.252 e. The van der Waals surface area contributed by atoms with Crippen molar-refractivity contribution >= 4 is 28.4 Å². The number of phenolic OH excluding ortho intramolecular Hbond substituents is 1. The Balaban J connectivity index is 1.87. The maximum absolute atomic E-state index is 12.8. The molecule has 0 unspecified atom stereocenters. The number of aliphatic hydroxyl groups excluding tert-OH is 1. The molecular formula is C20H19ClN2O3. The fourth-order valence-electron chi connectivity index (χ4n) is 2.85. The van der Waals surface area contributed by atoms with Crippen LogP contribution < -0.4 is 5.32 Å². The summed E-state index contributed by atoms with van der Waals surface area (Å²) in [7, 11) is 0. The Labute approximate surface area is 156 Å². The fraction of sp³-hybridized carbons (Fsp3) is 0.200. The molecule has 2 aromatic carbocycles. The Hall–Kier alpha value is -2.63. The Bertz CT molecular complexity index is 957. The third kappa shape index (κ3) is 3.64. The number of benzene rings is 2. The van der Waals surface area contributed by atoms with Gasteiger partial charge in [0, 0.05) is 11.1 Å². The standard InChI is InChI=1S/C20H19ClN2O3/c1-11-10-16(15-4-3-5-17(21)18(15)22-11)20(26)23-12(2)19(25)13-6-8-14(24)9-7-13/h3-10,12,19,24-25H,1-2H3,(H,23,26)/t12-,19-/m1/s1. The van der Waals surface area contributed by atoms with E-state index in [1.54, 1.807) is 50.2 Å². The Kier molecular flexibility index (Phi) is 5.11. The minimum Gasteiger partial charge on any atom is -0.508 e. The molecule has 0 aliphatic rings. The number of phenols is 1. The number of aliphatic hydroxyl groups is 1. The van der Waals surface area contributed by atoms with E-state index in [9.17, 15) is 15.0 Å². The van der Waals surface area contributed by atoms with Gasteiger partial charge in [-0.1, -0.05) is 35.9 Å². The second-order valence-electron chi connectivity index (χ2n) is 6.25. The van der Waals surface area contributed by atoms with Gasteiger partial charge in [-0.2, -0.15) is 0 Å². The molecule has 0 spiro atoms. The number of pyridine rings is 1. The topological polar surface area (TPSA) is 82.5 Å². The van der Waals surface area contributed by atoms with Crippen molar-refractivity contribution in [2.75, 3.05) is 0 Å². The summed E-state index contributed by atoms with van der Waals surface area (Å²) in [5.74, 6) is -0.193. The molecule has 0 fully saturated rings. The number of hydrogen-bond acceptors (Lipinski definition) is 4.